The van der Waals surface area contributed by atoms with Crippen molar-refractivity contribution in [3.63, 3.8) is 0 Å². The van der Waals surface area contributed by atoms with E-state index in [2.05, 4.69) is 0 Å². The summed E-state index contributed by atoms with van der Waals surface area (Å²) in [5.41, 5.74) is 3.76. The van der Waals surface area contributed by atoms with E-state index in [-0.39, 0.29) is 0 Å². The van der Waals surface area contributed by atoms with E-state index in [1.807, 2.05) is 70.6 Å². The van der Waals surface area contributed by atoms with Crippen LogP contribution in [0.2, 0.25) is 0 Å². The first kappa shape index (κ1) is 16.7. The van der Waals surface area contributed by atoms with Crippen LogP contribution in [-0.2, 0) is 7.05 Å². The van der Waals surface area contributed by atoms with Crippen molar-refractivity contribution in [2.24, 2.45) is 7.05 Å². The molecule has 0 fully saturated rings. The van der Waals surface area contributed by atoms with Gasteiger partial charge in [0.05, 0.1) is 22.4 Å². The molecule has 128 valence electrons. The molecule has 0 saturated carbocycles. The van der Waals surface area contributed by atoms with Crippen LogP contribution in [0.5, 0.6) is 0 Å². The van der Waals surface area contributed by atoms with Gasteiger partial charge in [-0.15, -0.1) is 0 Å². The molecule has 0 spiro atoms. The van der Waals surface area contributed by atoms with Crippen LogP contribution in [0, 0.1) is 0 Å². The lowest BCUT2D eigenvalue weighted by molar-refractivity contribution is 0.177. The van der Waals surface area contributed by atoms with Crippen molar-refractivity contribution in [2.45, 2.75) is 9.90 Å². The Labute approximate surface area is 159 Å². The fourth-order valence-corrected chi connectivity index (χ4v) is 3.45. The highest BCUT2D eigenvalue weighted by atomic mass is 35.6. The lowest BCUT2D eigenvalue weighted by Gasteiger charge is -2.20. The van der Waals surface area contributed by atoms with Gasteiger partial charge >= 0.3 is 0 Å². The highest BCUT2D eigenvalue weighted by Gasteiger charge is 2.37. The van der Waals surface area contributed by atoms with E-state index in [4.69, 9.17) is 39.8 Å². The zero-order chi connectivity index (χ0) is 17.8. The number of para-hydroxylation sites is 2. The molecule has 0 bridgehead atoms. The summed E-state index contributed by atoms with van der Waals surface area (Å²) in [5.74, 6) is 0.670. The minimum atomic E-state index is -1.88. The maximum Gasteiger partial charge on any atom is 0.221 e. The number of halogens is 3. The topological polar surface area (TPSA) is 42.5 Å². The van der Waals surface area contributed by atoms with Crippen molar-refractivity contribution < 1.29 is 5.11 Å². The number of imidazole rings is 2. The summed E-state index contributed by atoms with van der Waals surface area (Å²) >= 11 is 18.1. The van der Waals surface area contributed by atoms with Gasteiger partial charge < -0.3 is 9.67 Å². The van der Waals surface area contributed by atoms with Gasteiger partial charge in [0.15, 0.2) is 0 Å². The van der Waals surface area contributed by atoms with Crippen LogP contribution < -0.4 is 0 Å². The molecule has 0 radical (unpaired) electrons. The number of aromatic nitrogens is 3. The predicted octanol–water partition coefficient (Wildman–Crippen LogP) is 4.90. The predicted molar refractivity (Wildman–Crippen MR) is 102 cm³/mol. The minimum absolute atomic E-state index is 0.456. The Kier molecular flexibility index (Phi) is 3.96. The second kappa shape index (κ2) is 5.92. The summed E-state index contributed by atoms with van der Waals surface area (Å²) in [7, 11) is 1.92. The van der Waals surface area contributed by atoms with E-state index in [0.717, 1.165) is 16.6 Å². The number of aliphatic hydroxyl groups excluding tert-OH is 1. The summed E-state index contributed by atoms with van der Waals surface area (Å²) in [6.07, 6.45) is -1.34. The Hall–Kier alpha value is -1.72. The second-order valence-corrected chi connectivity index (χ2v) is 8.21. The number of aryl methyl sites for hydroxylation is 1. The molecular weight excluding hydrogens is 381 g/mol. The molecule has 1 atom stereocenters. The van der Waals surface area contributed by atoms with Gasteiger partial charge in [0.2, 0.25) is 9.57 Å². The van der Waals surface area contributed by atoms with Crippen LogP contribution in [0.25, 0.3) is 28.1 Å². The van der Waals surface area contributed by atoms with Crippen molar-refractivity contribution in [2.75, 3.05) is 0 Å². The molecule has 0 aliphatic carbocycles. The fourth-order valence-electron chi connectivity index (χ4n) is 3.14. The Balaban J connectivity index is 2.14. The molecule has 1 N–H and O–H groups in total. The minimum Gasteiger partial charge on any atom is -0.382 e. The lowest BCUT2D eigenvalue weighted by Crippen LogP contribution is -2.19. The molecule has 7 heteroatoms. The van der Waals surface area contributed by atoms with Crippen LogP contribution in [0.4, 0.5) is 0 Å². The number of nitrogens with zero attached hydrogens (tertiary/aromatic N) is 3. The molecule has 4 aromatic rings. The molecule has 0 aliphatic rings. The number of benzene rings is 2. The molecule has 0 amide bonds. The van der Waals surface area contributed by atoms with E-state index in [9.17, 15) is 5.11 Å². The van der Waals surface area contributed by atoms with Gasteiger partial charge in [-0.05, 0) is 12.1 Å². The highest BCUT2D eigenvalue weighted by molar-refractivity contribution is 6.68. The van der Waals surface area contributed by atoms with Crippen LogP contribution in [0.15, 0.2) is 54.6 Å². The molecule has 2 aromatic heterocycles. The maximum atomic E-state index is 10.8. The molecule has 2 heterocycles. The van der Waals surface area contributed by atoms with Crippen LogP contribution >= 0.6 is 34.8 Å². The summed E-state index contributed by atoms with van der Waals surface area (Å²) in [5, 5.41) is 10.8. The SMILES string of the molecule is Cn1c2ccccc2n2c(C(O)C(Cl)(Cl)Cl)c(-c3ccccc3)nc12. The first-order valence-corrected chi connectivity index (χ1v) is 8.79. The largest absolute Gasteiger partial charge is 0.382 e. The molecule has 1 unspecified atom stereocenters. The van der Waals surface area contributed by atoms with E-state index in [1.165, 1.54) is 0 Å². The first-order valence-electron chi connectivity index (χ1n) is 7.65. The van der Waals surface area contributed by atoms with Gasteiger partial charge in [-0.25, -0.2) is 4.98 Å². The molecule has 4 nitrogen and oxygen atoms in total. The second-order valence-electron chi connectivity index (χ2n) is 5.84. The Morgan fingerprint density at radius 2 is 1.56 bits per heavy atom. The van der Waals surface area contributed by atoms with E-state index in [1.54, 1.807) is 0 Å². The van der Waals surface area contributed by atoms with Gasteiger partial charge in [-0.1, -0.05) is 77.3 Å². The zero-order valence-electron chi connectivity index (χ0n) is 13.2. The number of fused-ring (bicyclic) bond motifs is 3. The van der Waals surface area contributed by atoms with Crippen LogP contribution in [-0.4, -0.2) is 22.9 Å². The molecular formula is C18H14Cl3N3O. The average Bonchev–Trinajstić information content (AvgIpc) is 3.11. The van der Waals surface area contributed by atoms with E-state index in [0.29, 0.717) is 17.2 Å². The molecule has 0 aliphatic heterocycles. The Morgan fingerprint density at radius 1 is 0.960 bits per heavy atom. The average molecular weight is 395 g/mol. The third kappa shape index (κ3) is 2.61. The van der Waals surface area contributed by atoms with Crippen molar-refractivity contribution >= 4 is 51.6 Å². The fraction of sp³-hybridized carbons (Fsp3) is 0.167. The number of hydrogen-bond acceptors (Lipinski definition) is 2. The zero-order valence-corrected chi connectivity index (χ0v) is 15.5. The molecule has 25 heavy (non-hydrogen) atoms. The quantitative estimate of drug-likeness (QED) is 0.492. The normalized spacial score (nSPS) is 13.6. The van der Waals surface area contributed by atoms with Crippen LogP contribution in [0.1, 0.15) is 11.8 Å². The third-order valence-corrected chi connectivity index (χ3v) is 4.92. The number of rotatable bonds is 2. The third-order valence-electron chi connectivity index (χ3n) is 4.30. The Bertz CT molecular complexity index is 1060. The molecule has 4 rings (SSSR count). The number of alkyl halides is 3. The summed E-state index contributed by atoms with van der Waals surface area (Å²) in [6.45, 7) is 0. The summed E-state index contributed by atoms with van der Waals surface area (Å²) < 4.78 is 1.93. The van der Waals surface area contributed by atoms with Crippen molar-refractivity contribution in [3.8, 4) is 11.3 Å². The van der Waals surface area contributed by atoms with Crippen molar-refractivity contribution in [3.05, 3.63) is 60.3 Å². The van der Waals surface area contributed by atoms with E-state index < -0.39 is 9.90 Å². The Morgan fingerprint density at radius 3 is 2.20 bits per heavy atom. The van der Waals surface area contributed by atoms with Gasteiger partial charge in [0.25, 0.3) is 0 Å². The smallest absolute Gasteiger partial charge is 0.221 e. The summed E-state index contributed by atoms with van der Waals surface area (Å²) in [4.78, 5) is 4.74. The summed E-state index contributed by atoms with van der Waals surface area (Å²) in [6, 6.07) is 17.4. The molecule has 2 aromatic carbocycles. The van der Waals surface area contributed by atoms with Crippen molar-refractivity contribution in [1.29, 1.82) is 0 Å². The lowest BCUT2D eigenvalue weighted by atomic mass is 10.1. The number of aliphatic hydroxyl groups is 1. The van der Waals surface area contributed by atoms with Gasteiger partial charge in [-0.3, -0.25) is 4.40 Å². The molecule has 0 saturated heterocycles. The van der Waals surface area contributed by atoms with Crippen LogP contribution in [0.3, 0.4) is 0 Å². The first-order chi connectivity index (χ1) is 11.9. The van der Waals surface area contributed by atoms with Gasteiger partial charge in [-0.2, -0.15) is 0 Å². The number of hydrogen-bond donors (Lipinski definition) is 1. The monoisotopic (exact) mass is 393 g/mol. The van der Waals surface area contributed by atoms with Gasteiger partial charge in [0, 0.05) is 12.6 Å². The van der Waals surface area contributed by atoms with Gasteiger partial charge in [0.1, 0.15) is 6.10 Å². The van der Waals surface area contributed by atoms with Crippen molar-refractivity contribution in [1.82, 2.24) is 14.0 Å². The highest BCUT2D eigenvalue weighted by Crippen LogP contribution is 2.44. The maximum absolute atomic E-state index is 10.8. The van der Waals surface area contributed by atoms with E-state index >= 15 is 0 Å². The standard InChI is InChI=1S/C18H14Cl3N3O/c1-23-12-9-5-6-10-13(12)24-15(16(25)18(19,20)21)14(22-17(23)24)11-7-3-2-4-8-11/h2-10,16,25H,1H3.